The standard InChI is InChI=1S/C52H34N2O/c1-2-15-36(16-3-1)40-19-6-10-25-47(40)53(50-34-46-44-23-9-13-28-51(44)55-52(46)45-24-5-4-22-43(45)50)38-31-29-35(30-32-38)37-17-14-18-39(33-37)54-48-26-11-7-20-41(48)42-21-8-12-27-49(42)54/h1-34H. The monoisotopic (exact) mass is 702 g/mol. The summed E-state index contributed by atoms with van der Waals surface area (Å²) in [6.07, 6.45) is 0. The number of rotatable bonds is 6. The lowest BCUT2D eigenvalue weighted by Crippen LogP contribution is -2.12. The second-order valence-corrected chi connectivity index (χ2v) is 14.1. The molecule has 0 fully saturated rings. The smallest absolute Gasteiger partial charge is 0.143 e. The van der Waals surface area contributed by atoms with Gasteiger partial charge in [-0.25, -0.2) is 0 Å². The number of para-hydroxylation sites is 4. The Kier molecular flexibility index (Phi) is 7.17. The van der Waals surface area contributed by atoms with Gasteiger partial charge in [0.1, 0.15) is 11.2 Å². The minimum absolute atomic E-state index is 0.892. The van der Waals surface area contributed by atoms with E-state index >= 15 is 0 Å². The number of fused-ring (bicyclic) bond motifs is 8. The highest BCUT2D eigenvalue weighted by Crippen LogP contribution is 2.47. The highest BCUT2D eigenvalue weighted by atomic mass is 16.3. The highest BCUT2D eigenvalue weighted by Gasteiger charge is 2.22. The van der Waals surface area contributed by atoms with Gasteiger partial charge in [0, 0.05) is 49.3 Å². The summed E-state index contributed by atoms with van der Waals surface area (Å²) in [5, 5.41) is 6.95. The Morgan fingerprint density at radius 1 is 0.364 bits per heavy atom. The van der Waals surface area contributed by atoms with Gasteiger partial charge in [-0.15, -0.1) is 0 Å². The molecule has 0 aliphatic heterocycles. The third kappa shape index (κ3) is 5.05. The Bertz CT molecular complexity index is 3150. The summed E-state index contributed by atoms with van der Waals surface area (Å²) >= 11 is 0. The molecule has 0 aliphatic carbocycles. The number of anilines is 3. The maximum absolute atomic E-state index is 6.53. The lowest BCUT2D eigenvalue weighted by molar-refractivity contribution is 0.672. The lowest BCUT2D eigenvalue weighted by atomic mass is 9.98. The van der Waals surface area contributed by atoms with E-state index in [0.29, 0.717) is 0 Å². The fourth-order valence-corrected chi connectivity index (χ4v) is 8.48. The van der Waals surface area contributed by atoms with Crippen molar-refractivity contribution in [1.82, 2.24) is 4.57 Å². The van der Waals surface area contributed by atoms with Gasteiger partial charge in [-0.1, -0.05) is 152 Å². The number of furan rings is 1. The van der Waals surface area contributed by atoms with Crippen molar-refractivity contribution in [3.8, 4) is 27.9 Å². The zero-order valence-corrected chi connectivity index (χ0v) is 29.9. The molecule has 55 heavy (non-hydrogen) atoms. The summed E-state index contributed by atoms with van der Waals surface area (Å²) in [6.45, 7) is 0. The van der Waals surface area contributed by atoms with E-state index in [2.05, 4.69) is 210 Å². The Morgan fingerprint density at radius 2 is 0.964 bits per heavy atom. The van der Waals surface area contributed by atoms with Gasteiger partial charge in [-0.05, 0) is 71.3 Å². The maximum Gasteiger partial charge on any atom is 0.143 e. The van der Waals surface area contributed by atoms with Crippen LogP contribution in [0.2, 0.25) is 0 Å². The van der Waals surface area contributed by atoms with Gasteiger partial charge in [-0.2, -0.15) is 0 Å². The topological polar surface area (TPSA) is 21.3 Å². The molecule has 0 N–H and O–H groups in total. The zero-order valence-electron chi connectivity index (χ0n) is 29.9. The highest BCUT2D eigenvalue weighted by molar-refractivity contribution is 6.20. The van der Waals surface area contributed by atoms with Crippen LogP contribution in [-0.4, -0.2) is 4.57 Å². The van der Waals surface area contributed by atoms with Crippen LogP contribution < -0.4 is 4.90 Å². The van der Waals surface area contributed by atoms with E-state index in [-0.39, 0.29) is 0 Å². The van der Waals surface area contributed by atoms with Crippen LogP contribution in [0.15, 0.2) is 211 Å². The number of nitrogens with zero attached hydrogens (tertiary/aromatic N) is 2. The number of hydrogen-bond donors (Lipinski definition) is 0. The molecule has 0 unspecified atom stereocenters. The van der Waals surface area contributed by atoms with Crippen molar-refractivity contribution in [2.24, 2.45) is 0 Å². The first-order valence-electron chi connectivity index (χ1n) is 18.8. The summed E-state index contributed by atoms with van der Waals surface area (Å²) in [5.41, 5.74) is 13.3. The van der Waals surface area contributed by atoms with Crippen molar-refractivity contribution in [2.45, 2.75) is 0 Å². The molecule has 0 radical (unpaired) electrons. The van der Waals surface area contributed by atoms with Crippen LogP contribution in [-0.2, 0) is 0 Å². The van der Waals surface area contributed by atoms with Gasteiger partial charge in [0.2, 0.25) is 0 Å². The van der Waals surface area contributed by atoms with Crippen molar-refractivity contribution in [3.05, 3.63) is 206 Å². The molecule has 0 saturated carbocycles. The molecule has 2 heterocycles. The molecule has 2 aromatic heterocycles. The Morgan fingerprint density at radius 3 is 1.73 bits per heavy atom. The van der Waals surface area contributed by atoms with Crippen LogP contribution in [0.1, 0.15) is 0 Å². The Hall–Kier alpha value is -7.36. The van der Waals surface area contributed by atoms with Crippen LogP contribution in [0.5, 0.6) is 0 Å². The van der Waals surface area contributed by atoms with E-state index in [0.717, 1.165) is 66.6 Å². The van der Waals surface area contributed by atoms with Crippen molar-refractivity contribution >= 4 is 71.6 Å². The molecule has 0 amide bonds. The average Bonchev–Trinajstić information content (AvgIpc) is 3.81. The number of aromatic nitrogens is 1. The second-order valence-electron chi connectivity index (χ2n) is 14.1. The lowest BCUT2D eigenvalue weighted by Gasteiger charge is -2.29. The summed E-state index contributed by atoms with van der Waals surface area (Å²) in [7, 11) is 0. The summed E-state index contributed by atoms with van der Waals surface area (Å²) in [5.74, 6) is 0. The molecule has 11 rings (SSSR count). The molecule has 0 bridgehead atoms. The molecule has 0 saturated heterocycles. The fraction of sp³-hybridized carbons (Fsp3) is 0. The van der Waals surface area contributed by atoms with Crippen molar-refractivity contribution in [2.75, 3.05) is 4.90 Å². The minimum atomic E-state index is 0.892. The molecular formula is C52H34N2O. The van der Waals surface area contributed by atoms with Crippen molar-refractivity contribution < 1.29 is 4.42 Å². The van der Waals surface area contributed by atoms with Gasteiger partial charge in [0.05, 0.1) is 22.4 Å². The summed E-state index contributed by atoms with van der Waals surface area (Å²) in [4.78, 5) is 2.42. The average molecular weight is 703 g/mol. The molecule has 3 heteroatoms. The van der Waals surface area contributed by atoms with Crippen LogP contribution in [0.4, 0.5) is 17.1 Å². The molecule has 11 aromatic rings. The van der Waals surface area contributed by atoms with Crippen LogP contribution >= 0.6 is 0 Å². The van der Waals surface area contributed by atoms with E-state index in [4.69, 9.17) is 4.42 Å². The molecule has 9 aromatic carbocycles. The molecule has 0 atom stereocenters. The van der Waals surface area contributed by atoms with Gasteiger partial charge < -0.3 is 13.9 Å². The van der Waals surface area contributed by atoms with Gasteiger partial charge in [-0.3, -0.25) is 0 Å². The van der Waals surface area contributed by atoms with Crippen LogP contribution in [0.25, 0.3) is 82.5 Å². The first kappa shape index (κ1) is 31.2. The summed E-state index contributed by atoms with van der Waals surface area (Å²) in [6, 6.07) is 73.9. The quantitative estimate of drug-likeness (QED) is 0.172. The predicted molar refractivity (Wildman–Crippen MR) is 231 cm³/mol. The van der Waals surface area contributed by atoms with Crippen LogP contribution in [0, 0.1) is 0 Å². The van der Waals surface area contributed by atoms with E-state index in [1.165, 1.54) is 32.9 Å². The third-order valence-electron chi connectivity index (χ3n) is 11.0. The first-order chi connectivity index (χ1) is 27.3. The van der Waals surface area contributed by atoms with E-state index < -0.39 is 0 Å². The third-order valence-corrected chi connectivity index (χ3v) is 11.0. The number of hydrogen-bond acceptors (Lipinski definition) is 2. The van der Waals surface area contributed by atoms with E-state index in [9.17, 15) is 0 Å². The minimum Gasteiger partial charge on any atom is -0.455 e. The van der Waals surface area contributed by atoms with Gasteiger partial charge in [0.15, 0.2) is 0 Å². The molecule has 258 valence electrons. The van der Waals surface area contributed by atoms with Gasteiger partial charge in [0.25, 0.3) is 0 Å². The Balaban J connectivity index is 1.10. The van der Waals surface area contributed by atoms with E-state index in [1.54, 1.807) is 0 Å². The SMILES string of the molecule is c1ccc(-c2ccccc2N(c2ccc(-c3cccc(-n4c5ccccc5c5ccccc54)c3)cc2)c2cc3c4ccccc4oc3c3ccccc23)cc1. The summed E-state index contributed by atoms with van der Waals surface area (Å²) < 4.78 is 8.91. The molecule has 0 aliphatic rings. The molecular weight excluding hydrogens is 669 g/mol. The second kappa shape index (κ2) is 12.6. The largest absolute Gasteiger partial charge is 0.455 e. The van der Waals surface area contributed by atoms with E-state index in [1.807, 2.05) is 6.07 Å². The zero-order chi connectivity index (χ0) is 36.3. The number of benzene rings is 9. The van der Waals surface area contributed by atoms with Crippen LogP contribution in [0.3, 0.4) is 0 Å². The van der Waals surface area contributed by atoms with Crippen molar-refractivity contribution in [3.63, 3.8) is 0 Å². The van der Waals surface area contributed by atoms with Gasteiger partial charge >= 0.3 is 0 Å². The molecule has 0 spiro atoms. The first-order valence-corrected chi connectivity index (χ1v) is 18.8. The predicted octanol–water partition coefficient (Wildman–Crippen LogP) is 14.6. The fourth-order valence-electron chi connectivity index (χ4n) is 8.48. The molecule has 3 nitrogen and oxygen atoms in total. The Labute approximate surface area is 318 Å². The van der Waals surface area contributed by atoms with Crippen molar-refractivity contribution in [1.29, 1.82) is 0 Å². The maximum atomic E-state index is 6.53. The normalized spacial score (nSPS) is 11.6.